The maximum atomic E-state index is 13.8. The van der Waals surface area contributed by atoms with Gasteiger partial charge in [0.15, 0.2) is 9.84 Å². The summed E-state index contributed by atoms with van der Waals surface area (Å²) in [4.78, 5) is 11.4. The average Bonchev–Trinajstić information content (AvgIpc) is 2.59. The Morgan fingerprint density at radius 1 is 1.12 bits per heavy atom. The van der Waals surface area contributed by atoms with E-state index in [1.807, 2.05) is 30.3 Å². The van der Waals surface area contributed by atoms with Crippen LogP contribution in [-0.4, -0.2) is 39.4 Å². The quantitative estimate of drug-likeness (QED) is 0.638. The fourth-order valence-corrected chi connectivity index (χ4v) is 4.07. The number of halogens is 1. The summed E-state index contributed by atoms with van der Waals surface area (Å²) < 4.78 is 37.2. The van der Waals surface area contributed by atoms with Gasteiger partial charge in [0.25, 0.3) is 0 Å². The van der Waals surface area contributed by atoms with Crippen molar-refractivity contribution in [3.05, 3.63) is 59.9 Å². The first kappa shape index (κ1) is 20.3. The Morgan fingerprint density at radius 3 is 2.54 bits per heavy atom. The van der Waals surface area contributed by atoms with Crippen LogP contribution in [0.15, 0.2) is 53.4 Å². The standard InChI is InChI=1S/C18H21FN2O3S2/c1-26(23,24)18-15(19)8-5-9-16(18)21-12-17(22)20-10-11-25-13-14-6-3-2-4-7-14/h2-9,21H,10-13H2,1H3,(H,20,22). The normalized spacial score (nSPS) is 11.2. The maximum absolute atomic E-state index is 13.8. The lowest BCUT2D eigenvalue weighted by atomic mass is 10.2. The summed E-state index contributed by atoms with van der Waals surface area (Å²) in [6.07, 6.45) is 0.931. The van der Waals surface area contributed by atoms with Crippen LogP contribution in [0.1, 0.15) is 5.56 Å². The van der Waals surface area contributed by atoms with Gasteiger partial charge < -0.3 is 10.6 Å². The van der Waals surface area contributed by atoms with Gasteiger partial charge in [-0.25, -0.2) is 12.8 Å². The van der Waals surface area contributed by atoms with Crippen LogP contribution in [0.3, 0.4) is 0 Å². The van der Waals surface area contributed by atoms with E-state index in [1.54, 1.807) is 11.8 Å². The lowest BCUT2D eigenvalue weighted by Gasteiger charge is -2.11. The van der Waals surface area contributed by atoms with Gasteiger partial charge in [-0.3, -0.25) is 4.79 Å². The van der Waals surface area contributed by atoms with E-state index in [-0.39, 0.29) is 18.1 Å². The fourth-order valence-electron chi connectivity index (χ4n) is 2.29. The summed E-state index contributed by atoms with van der Waals surface area (Å²) in [6.45, 7) is 0.370. The summed E-state index contributed by atoms with van der Waals surface area (Å²) in [5, 5.41) is 5.44. The molecule has 0 saturated heterocycles. The molecule has 0 fully saturated rings. The molecule has 2 rings (SSSR count). The molecule has 0 atom stereocenters. The first-order chi connectivity index (χ1) is 12.4. The van der Waals surface area contributed by atoms with E-state index >= 15 is 0 Å². The number of nitrogens with one attached hydrogen (secondary N) is 2. The van der Waals surface area contributed by atoms with E-state index in [2.05, 4.69) is 10.6 Å². The van der Waals surface area contributed by atoms with Crippen molar-refractivity contribution >= 4 is 33.2 Å². The number of amides is 1. The molecule has 0 bridgehead atoms. The van der Waals surface area contributed by atoms with Crippen molar-refractivity contribution in [2.45, 2.75) is 10.6 Å². The minimum absolute atomic E-state index is 0.0844. The number of hydrogen-bond acceptors (Lipinski definition) is 5. The van der Waals surface area contributed by atoms with Gasteiger partial charge in [0.2, 0.25) is 5.91 Å². The summed E-state index contributed by atoms with van der Waals surface area (Å²) in [5.41, 5.74) is 1.31. The molecule has 0 spiro atoms. The lowest BCUT2D eigenvalue weighted by Crippen LogP contribution is -2.31. The average molecular weight is 397 g/mol. The highest BCUT2D eigenvalue weighted by Gasteiger charge is 2.18. The third kappa shape index (κ3) is 6.34. The molecular weight excluding hydrogens is 375 g/mol. The van der Waals surface area contributed by atoms with Gasteiger partial charge in [0.1, 0.15) is 10.7 Å². The molecule has 8 heteroatoms. The monoisotopic (exact) mass is 396 g/mol. The molecule has 0 saturated carbocycles. The number of carbonyl (C=O) groups is 1. The van der Waals surface area contributed by atoms with Gasteiger partial charge in [-0.2, -0.15) is 11.8 Å². The molecular formula is C18H21FN2O3S2. The summed E-state index contributed by atoms with van der Waals surface area (Å²) in [7, 11) is -3.74. The van der Waals surface area contributed by atoms with Crippen LogP contribution in [-0.2, 0) is 20.4 Å². The molecule has 2 aromatic rings. The van der Waals surface area contributed by atoms with Crippen molar-refractivity contribution < 1.29 is 17.6 Å². The topological polar surface area (TPSA) is 75.3 Å². The Balaban J connectivity index is 1.75. The van der Waals surface area contributed by atoms with Crippen molar-refractivity contribution in [1.82, 2.24) is 5.32 Å². The number of hydrogen-bond donors (Lipinski definition) is 2. The van der Waals surface area contributed by atoms with Crippen LogP contribution in [0.4, 0.5) is 10.1 Å². The first-order valence-corrected chi connectivity index (χ1v) is 11.0. The third-order valence-corrected chi connectivity index (χ3v) is 5.64. The Labute approximate surface area is 157 Å². The van der Waals surface area contributed by atoms with Crippen molar-refractivity contribution in [2.24, 2.45) is 0 Å². The maximum Gasteiger partial charge on any atom is 0.239 e. The second-order valence-electron chi connectivity index (χ2n) is 5.63. The van der Waals surface area contributed by atoms with E-state index in [0.717, 1.165) is 23.8 Å². The zero-order chi connectivity index (χ0) is 19.0. The molecule has 2 aromatic carbocycles. The van der Waals surface area contributed by atoms with Gasteiger partial charge in [-0.05, 0) is 17.7 Å². The van der Waals surface area contributed by atoms with Gasteiger partial charge in [0, 0.05) is 24.3 Å². The highest BCUT2D eigenvalue weighted by molar-refractivity contribution is 7.98. The Kier molecular flexibility index (Phi) is 7.47. The Morgan fingerprint density at radius 2 is 1.85 bits per heavy atom. The van der Waals surface area contributed by atoms with Gasteiger partial charge in [-0.15, -0.1) is 0 Å². The fraction of sp³-hybridized carbons (Fsp3) is 0.278. The number of thioether (sulfide) groups is 1. The van der Waals surface area contributed by atoms with Crippen LogP contribution < -0.4 is 10.6 Å². The van der Waals surface area contributed by atoms with E-state index in [9.17, 15) is 17.6 Å². The molecule has 0 heterocycles. The minimum Gasteiger partial charge on any atom is -0.375 e. The Hall–Kier alpha value is -2.06. The van der Waals surface area contributed by atoms with Gasteiger partial charge in [0.05, 0.1) is 12.2 Å². The van der Waals surface area contributed by atoms with E-state index in [1.165, 1.54) is 17.7 Å². The van der Waals surface area contributed by atoms with Crippen LogP contribution in [0.5, 0.6) is 0 Å². The van der Waals surface area contributed by atoms with E-state index in [0.29, 0.717) is 6.54 Å². The molecule has 0 aliphatic carbocycles. The van der Waals surface area contributed by atoms with Crippen LogP contribution in [0.25, 0.3) is 0 Å². The SMILES string of the molecule is CS(=O)(=O)c1c(F)cccc1NCC(=O)NCCSCc1ccccc1. The largest absolute Gasteiger partial charge is 0.375 e. The predicted molar refractivity (Wildman–Crippen MR) is 104 cm³/mol. The minimum atomic E-state index is -3.74. The molecule has 0 aliphatic rings. The predicted octanol–water partition coefficient (Wildman–Crippen LogP) is 2.69. The van der Waals surface area contributed by atoms with Crippen molar-refractivity contribution in [3.63, 3.8) is 0 Å². The zero-order valence-corrected chi connectivity index (χ0v) is 16.0. The molecule has 0 aromatic heterocycles. The third-order valence-electron chi connectivity index (χ3n) is 3.46. The first-order valence-electron chi connectivity index (χ1n) is 7.99. The molecule has 0 unspecified atom stereocenters. The molecule has 0 radical (unpaired) electrons. The molecule has 5 nitrogen and oxygen atoms in total. The number of sulfone groups is 1. The van der Waals surface area contributed by atoms with Crippen molar-refractivity contribution in [3.8, 4) is 0 Å². The smallest absolute Gasteiger partial charge is 0.239 e. The number of carbonyl (C=O) groups excluding carboxylic acids is 1. The second-order valence-corrected chi connectivity index (χ2v) is 8.69. The van der Waals surface area contributed by atoms with Crippen LogP contribution in [0, 0.1) is 5.82 Å². The molecule has 1 amide bonds. The Bertz CT molecular complexity index is 843. The van der Waals surface area contributed by atoms with Crippen molar-refractivity contribution in [1.29, 1.82) is 0 Å². The molecule has 2 N–H and O–H groups in total. The van der Waals surface area contributed by atoms with E-state index < -0.39 is 20.5 Å². The highest BCUT2D eigenvalue weighted by atomic mass is 32.2. The molecule has 26 heavy (non-hydrogen) atoms. The lowest BCUT2D eigenvalue weighted by molar-refractivity contribution is -0.119. The summed E-state index contributed by atoms with van der Waals surface area (Å²) in [6, 6.07) is 13.9. The van der Waals surface area contributed by atoms with Crippen LogP contribution in [0.2, 0.25) is 0 Å². The van der Waals surface area contributed by atoms with E-state index in [4.69, 9.17) is 0 Å². The van der Waals surface area contributed by atoms with Crippen LogP contribution >= 0.6 is 11.8 Å². The summed E-state index contributed by atoms with van der Waals surface area (Å²) in [5.74, 6) is 0.509. The zero-order valence-electron chi connectivity index (χ0n) is 14.4. The van der Waals surface area contributed by atoms with Gasteiger partial charge >= 0.3 is 0 Å². The molecule has 0 aliphatic heterocycles. The number of anilines is 1. The number of benzene rings is 2. The second kappa shape index (κ2) is 9.59. The molecule has 140 valence electrons. The van der Waals surface area contributed by atoms with Gasteiger partial charge in [-0.1, -0.05) is 36.4 Å². The number of rotatable bonds is 9. The van der Waals surface area contributed by atoms with Crippen molar-refractivity contribution in [2.75, 3.05) is 30.4 Å². The highest BCUT2D eigenvalue weighted by Crippen LogP contribution is 2.24. The summed E-state index contributed by atoms with van der Waals surface area (Å²) >= 11 is 1.71.